The van der Waals surface area contributed by atoms with Crippen LogP contribution in [-0.4, -0.2) is 62.9 Å². The molecule has 146 valence electrons. The van der Waals surface area contributed by atoms with Gasteiger partial charge in [0.1, 0.15) is 5.75 Å². The van der Waals surface area contributed by atoms with Crippen LogP contribution >= 0.6 is 0 Å². The number of hydrogen-bond acceptors (Lipinski definition) is 4. The molecule has 1 atom stereocenters. The van der Waals surface area contributed by atoms with Crippen molar-refractivity contribution < 1.29 is 9.47 Å². The van der Waals surface area contributed by atoms with Crippen LogP contribution in [0.15, 0.2) is 23.2 Å². The average Bonchev–Trinajstić information content (AvgIpc) is 2.66. The normalized spacial score (nSPS) is 17.0. The van der Waals surface area contributed by atoms with Crippen LogP contribution in [0.5, 0.6) is 5.75 Å². The maximum atomic E-state index is 5.60. The van der Waals surface area contributed by atoms with Crippen LogP contribution in [0.25, 0.3) is 0 Å². The van der Waals surface area contributed by atoms with Gasteiger partial charge >= 0.3 is 0 Å². The molecule has 2 N–H and O–H groups in total. The Kier molecular flexibility index (Phi) is 8.71. The van der Waals surface area contributed by atoms with Gasteiger partial charge in [0, 0.05) is 32.2 Å². The van der Waals surface area contributed by atoms with E-state index < -0.39 is 0 Å². The number of hydrogen-bond donors (Lipinski definition) is 2. The highest BCUT2D eigenvalue weighted by Crippen LogP contribution is 2.19. The molecule has 0 amide bonds. The number of morpholine rings is 1. The first-order chi connectivity index (χ1) is 12.6. The van der Waals surface area contributed by atoms with E-state index in [0.717, 1.165) is 56.7 Å². The summed E-state index contributed by atoms with van der Waals surface area (Å²) in [7, 11) is 0. The third kappa shape index (κ3) is 6.50. The molecule has 1 saturated heterocycles. The number of benzene rings is 1. The Bertz CT molecular complexity index is 571. The monoisotopic (exact) mass is 362 g/mol. The van der Waals surface area contributed by atoms with Gasteiger partial charge in [-0.2, -0.15) is 0 Å². The largest absolute Gasteiger partial charge is 0.494 e. The van der Waals surface area contributed by atoms with Crippen molar-refractivity contribution in [2.75, 3.05) is 46.0 Å². The lowest BCUT2D eigenvalue weighted by molar-refractivity contribution is 0.0211. The molecule has 26 heavy (non-hydrogen) atoms. The van der Waals surface area contributed by atoms with Gasteiger partial charge in [0.15, 0.2) is 5.96 Å². The van der Waals surface area contributed by atoms with Crippen LogP contribution in [0.3, 0.4) is 0 Å². The van der Waals surface area contributed by atoms with Gasteiger partial charge in [-0.25, -0.2) is 4.99 Å². The lowest BCUT2D eigenvalue weighted by Crippen LogP contribution is -2.49. The molecule has 2 rings (SSSR count). The smallest absolute Gasteiger partial charge is 0.191 e. The zero-order valence-electron chi connectivity index (χ0n) is 16.7. The first kappa shape index (κ1) is 20.5. The Morgan fingerprint density at radius 2 is 2.04 bits per heavy atom. The Labute approximate surface area is 158 Å². The number of guanidine groups is 1. The minimum Gasteiger partial charge on any atom is -0.494 e. The highest BCUT2D eigenvalue weighted by Gasteiger charge is 2.16. The number of aryl methyl sites for hydroxylation is 1. The van der Waals surface area contributed by atoms with Gasteiger partial charge in [0.05, 0.1) is 26.4 Å². The van der Waals surface area contributed by atoms with Crippen LogP contribution < -0.4 is 15.4 Å². The fourth-order valence-corrected chi connectivity index (χ4v) is 3.03. The van der Waals surface area contributed by atoms with Crippen LogP contribution in [0.4, 0.5) is 0 Å². The molecule has 0 aromatic heterocycles. The van der Waals surface area contributed by atoms with Crippen molar-refractivity contribution in [3.63, 3.8) is 0 Å². The lowest BCUT2D eigenvalue weighted by Gasteiger charge is -2.32. The first-order valence-electron chi connectivity index (χ1n) is 9.70. The Morgan fingerprint density at radius 3 is 2.69 bits per heavy atom. The third-order valence-electron chi connectivity index (χ3n) is 4.54. The fraction of sp³-hybridized carbons (Fsp3) is 0.650. The predicted octanol–water partition coefficient (Wildman–Crippen LogP) is 2.17. The SMILES string of the molecule is CCNC(=NCc1ccc(OCC)c(C)c1)NCC(C)N1CCOCC1. The van der Waals surface area contributed by atoms with Gasteiger partial charge < -0.3 is 20.1 Å². The van der Waals surface area contributed by atoms with Crippen molar-refractivity contribution >= 4 is 5.96 Å². The molecule has 6 heteroatoms. The number of nitrogens with zero attached hydrogens (tertiary/aromatic N) is 2. The maximum Gasteiger partial charge on any atom is 0.191 e. The molecular weight excluding hydrogens is 328 g/mol. The van der Waals surface area contributed by atoms with Crippen molar-refractivity contribution in [3.8, 4) is 5.75 Å². The molecule has 1 unspecified atom stereocenters. The fourth-order valence-electron chi connectivity index (χ4n) is 3.03. The van der Waals surface area contributed by atoms with Gasteiger partial charge in [-0.1, -0.05) is 12.1 Å². The maximum absolute atomic E-state index is 5.60. The standard InChI is InChI=1S/C20H34N4O2/c1-5-21-20(22-14-17(4)24-9-11-25-12-10-24)23-15-18-7-8-19(26-6-2)16(3)13-18/h7-8,13,17H,5-6,9-12,14-15H2,1-4H3,(H2,21,22,23). The molecule has 0 spiro atoms. The van der Waals surface area contributed by atoms with Crippen LogP contribution in [0.2, 0.25) is 0 Å². The summed E-state index contributed by atoms with van der Waals surface area (Å²) in [5.41, 5.74) is 2.34. The molecule has 1 heterocycles. The minimum absolute atomic E-state index is 0.454. The summed E-state index contributed by atoms with van der Waals surface area (Å²) in [5.74, 6) is 1.81. The quantitative estimate of drug-likeness (QED) is 0.548. The zero-order valence-corrected chi connectivity index (χ0v) is 16.7. The van der Waals surface area contributed by atoms with Crippen molar-refractivity contribution in [1.82, 2.24) is 15.5 Å². The summed E-state index contributed by atoms with van der Waals surface area (Å²) in [6.45, 7) is 15.1. The summed E-state index contributed by atoms with van der Waals surface area (Å²) >= 11 is 0. The van der Waals surface area contributed by atoms with E-state index in [4.69, 9.17) is 14.5 Å². The van der Waals surface area contributed by atoms with Crippen LogP contribution in [0, 0.1) is 6.92 Å². The molecule has 1 aromatic carbocycles. The van der Waals surface area contributed by atoms with E-state index in [-0.39, 0.29) is 0 Å². The summed E-state index contributed by atoms with van der Waals surface area (Å²) in [4.78, 5) is 7.18. The van der Waals surface area contributed by atoms with Gasteiger partial charge in [-0.3, -0.25) is 4.90 Å². The highest BCUT2D eigenvalue weighted by atomic mass is 16.5. The predicted molar refractivity (Wildman–Crippen MR) is 107 cm³/mol. The summed E-state index contributed by atoms with van der Waals surface area (Å²) in [6.07, 6.45) is 0. The summed E-state index contributed by atoms with van der Waals surface area (Å²) in [6, 6.07) is 6.72. The van der Waals surface area contributed by atoms with E-state index in [1.807, 2.05) is 13.0 Å². The van der Waals surface area contributed by atoms with Gasteiger partial charge in [-0.15, -0.1) is 0 Å². The molecular formula is C20H34N4O2. The molecule has 1 fully saturated rings. The molecule has 6 nitrogen and oxygen atoms in total. The second kappa shape index (κ2) is 11.0. The van der Waals surface area contributed by atoms with Crippen LogP contribution in [0.1, 0.15) is 31.9 Å². The van der Waals surface area contributed by atoms with Crippen molar-refractivity contribution in [2.24, 2.45) is 4.99 Å². The lowest BCUT2D eigenvalue weighted by atomic mass is 10.1. The van der Waals surface area contributed by atoms with Crippen molar-refractivity contribution in [1.29, 1.82) is 0 Å². The van der Waals surface area contributed by atoms with Crippen LogP contribution in [-0.2, 0) is 11.3 Å². The topological polar surface area (TPSA) is 58.1 Å². The molecule has 0 saturated carbocycles. The molecule has 1 aliphatic rings. The van der Waals surface area contributed by atoms with E-state index >= 15 is 0 Å². The average molecular weight is 363 g/mol. The molecule has 1 aliphatic heterocycles. The van der Waals surface area contributed by atoms with E-state index in [2.05, 4.69) is 48.4 Å². The van der Waals surface area contributed by atoms with E-state index in [1.54, 1.807) is 0 Å². The molecule has 1 aromatic rings. The second-order valence-corrected chi connectivity index (χ2v) is 6.61. The van der Waals surface area contributed by atoms with Gasteiger partial charge in [0.2, 0.25) is 0 Å². The number of ether oxygens (including phenoxy) is 2. The van der Waals surface area contributed by atoms with Crippen molar-refractivity contribution in [3.05, 3.63) is 29.3 Å². The summed E-state index contributed by atoms with van der Waals surface area (Å²) < 4.78 is 11.0. The summed E-state index contributed by atoms with van der Waals surface area (Å²) in [5, 5.41) is 6.79. The van der Waals surface area contributed by atoms with E-state index in [9.17, 15) is 0 Å². The Hall–Kier alpha value is -1.79. The molecule has 0 aliphatic carbocycles. The Morgan fingerprint density at radius 1 is 1.27 bits per heavy atom. The minimum atomic E-state index is 0.454. The third-order valence-corrected chi connectivity index (χ3v) is 4.54. The van der Waals surface area contributed by atoms with Crippen molar-refractivity contribution in [2.45, 2.75) is 40.3 Å². The number of aliphatic imine (C=N–C) groups is 1. The van der Waals surface area contributed by atoms with E-state index in [1.165, 1.54) is 5.56 Å². The number of rotatable bonds is 8. The van der Waals surface area contributed by atoms with Gasteiger partial charge in [-0.05, 0) is 44.9 Å². The van der Waals surface area contributed by atoms with Gasteiger partial charge in [0.25, 0.3) is 0 Å². The second-order valence-electron chi connectivity index (χ2n) is 6.61. The molecule has 0 radical (unpaired) electrons. The Balaban J connectivity index is 1.90. The molecule has 0 bridgehead atoms. The number of nitrogens with one attached hydrogen (secondary N) is 2. The first-order valence-corrected chi connectivity index (χ1v) is 9.70. The van der Waals surface area contributed by atoms with E-state index in [0.29, 0.717) is 19.2 Å². The zero-order chi connectivity index (χ0) is 18.8. The highest BCUT2D eigenvalue weighted by molar-refractivity contribution is 5.79.